The van der Waals surface area contributed by atoms with Gasteiger partial charge >= 0.3 is 0 Å². The first-order valence-electron chi connectivity index (χ1n) is 10.4. The number of aliphatic hydroxyl groups is 2. The van der Waals surface area contributed by atoms with Gasteiger partial charge in [-0.2, -0.15) is 0 Å². The van der Waals surface area contributed by atoms with Crippen molar-refractivity contribution in [1.82, 2.24) is 14.5 Å². The number of aliphatic hydroxyl groups excluding tert-OH is 2. The second-order valence-corrected chi connectivity index (χ2v) is 8.86. The van der Waals surface area contributed by atoms with Crippen LogP contribution in [0.4, 0.5) is 11.5 Å². The van der Waals surface area contributed by atoms with Gasteiger partial charge in [0.1, 0.15) is 35.8 Å². The predicted molar refractivity (Wildman–Crippen MR) is 120 cm³/mol. The third-order valence-electron chi connectivity index (χ3n) is 6.62. The van der Waals surface area contributed by atoms with Crippen LogP contribution < -0.4 is 11.5 Å². The third-order valence-corrected chi connectivity index (χ3v) is 6.62. The minimum Gasteiger partial charge on any atom is -0.388 e. The van der Waals surface area contributed by atoms with Gasteiger partial charge in [0.05, 0.1) is 17.1 Å². The Morgan fingerprint density at radius 2 is 1.90 bits per heavy atom. The van der Waals surface area contributed by atoms with Crippen LogP contribution in [0.5, 0.6) is 0 Å². The zero-order chi connectivity index (χ0) is 21.9. The average Bonchev–Trinajstić information content (AvgIpc) is 3.35. The van der Waals surface area contributed by atoms with E-state index in [2.05, 4.69) is 47.0 Å². The van der Waals surface area contributed by atoms with E-state index in [9.17, 15) is 10.2 Å². The molecule has 1 aliphatic carbocycles. The van der Waals surface area contributed by atoms with E-state index in [0.29, 0.717) is 23.7 Å². The van der Waals surface area contributed by atoms with E-state index in [1.165, 1.54) is 6.33 Å². The molecule has 0 bridgehead atoms. The van der Waals surface area contributed by atoms with E-state index >= 15 is 0 Å². The molecule has 2 aromatic heterocycles. The summed E-state index contributed by atoms with van der Waals surface area (Å²) in [7, 11) is 0. The van der Waals surface area contributed by atoms with Crippen molar-refractivity contribution < 1.29 is 10.2 Å². The topological polar surface area (TPSA) is 136 Å². The molecule has 0 unspecified atom stereocenters. The number of anilines is 1. The number of hydrogen-bond donors (Lipinski definition) is 4. The number of hydrogen-bond acceptors (Lipinski definition) is 7. The monoisotopic (exact) mass is 418 g/mol. The Morgan fingerprint density at radius 3 is 2.71 bits per heavy atom. The Balaban J connectivity index is 1.38. The molecule has 0 spiro atoms. The molecule has 5 rings (SSSR count). The molecule has 8 heteroatoms. The van der Waals surface area contributed by atoms with E-state index in [4.69, 9.17) is 11.5 Å². The number of aliphatic imine (C=N–C) groups is 1. The highest BCUT2D eigenvalue weighted by atomic mass is 16.3. The molecule has 3 aromatic rings. The zero-order valence-electron chi connectivity index (χ0n) is 17.5. The summed E-state index contributed by atoms with van der Waals surface area (Å²) in [6.07, 6.45) is 4.64. The summed E-state index contributed by atoms with van der Waals surface area (Å²) in [6.45, 7) is 4.14. The van der Waals surface area contributed by atoms with E-state index in [1.54, 1.807) is 0 Å². The molecule has 0 saturated carbocycles. The van der Waals surface area contributed by atoms with Gasteiger partial charge in [0.25, 0.3) is 0 Å². The summed E-state index contributed by atoms with van der Waals surface area (Å²) in [6, 6.07) is 7.65. The van der Waals surface area contributed by atoms with Crippen molar-refractivity contribution in [3.63, 3.8) is 0 Å². The molecule has 3 heterocycles. The van der Waals surface area contributed by atoms with Crippen LogP contribution in [0.2, 0.25) is 0 Å². The minimum absolute atomic E-state index is 0.248. The van der Waals surface area contributed by atoms with Crippen LogP contribution in [0.1, 0.15) is 37.4 Å². The number of rotatable bonds is 4. The van der Waals surface area contributed by atoms with Gasteiger partial charge < -0.3 is 26.2 Å². The number of aromatic nitrogens is 3. The molecule has 0 amide bonds. The molecule has 2 aliphatic rings. The van der Waals surface area contributed by atoms with Crippen LogP contribution in [0.15, 0.2) is 53.4 Å². The zero-order valence-corrected chi connectivity index (χ0v) is 17.5. The molecular formula is C23H26N6O2. The molecule has 0 radical (unpaired) electrons. The lowest BCUT2D eigenvalue weighted by atomic mass is 9.84. The van der Waals surface area contributed by atoms with Gasteiger partial charge in [-0.15, -0.1) is 0 Å². The molecule has 6 N–H and O–H groups in total. The summed E-state index contributed by atoms with van der Waals surface area (Å²) in [5, 5.41) is 22.1. The number of aryl methyl sites for hydroxylation is 1. The number of amidine groups is 1. The molecule has 8 nitrogen and oxygen atoms in total. The summed E-state index contributed by atoms with van der Waals surface area (Å²) in [4.78, 5) is 12.8. The van der Waals surface area contributed by atoms with Crippen LogP contribution in [-0.2, 0) is 11.8 Å². The van der Waals surface area contributed by atoms with E-state index in [1.807, 2.05) is 22.9 Å². The first-order valence-corrected chi connectivity index (χ1v) is 10.4. The molecule has 3 atom stereocenters. The first kappa shape index (κ1) is 19.7. The predicted octanol–water partition coefficient (Wildman–Crippen LogP) is 2.13. The Bertz CT molecular complexity index is 1240. The second-order valence-electron chi connectivity index (χ2n) is 8.86. The highest BCUT2D eigenvalue weighted by Gasteiger charge is 2.36. The van der Waals surface area contributed by atoms with Crippen molar-refractivity contribution >= 4 is 28.4 Å². The van der Waals surface area contributed by atoms with Gasteiger partial charge in [-0.1, -0.05) is 18.2 Å². The Labute approximate surface area is 180 Å². The standard InChI is InChI=1S/C23H26N6O2/c1-23(2)15-6-4-12(9-16(15)28-22(23)25)3-5-13-10-17(19(31)18(13)30)29-8-7-14-20(24)26-11-27-21(14)29/h4,6-11,17-19,30-31H,3,5H2,1-2H3,(H2,25,28)(H2,24,26,27)/t17-,18-,19+/m1/s1. The largest absolute Gasteiger partial charge is 0.388 e. The lowest BCUT2D eigenvalue weighted by molar-refractivity contribution is 0.0317. The lowest BCUT2D eigenvalue weighted by Gasteiger charge is -2.20. The van der Waals surface area contributed by atoms with Crippen LogP contribution >= 0.6 is 0 Å². The highest BCUT2D eigenvalue weighted by molar-refractivity contribution is 5.98. The fourth-order valence-electron chi connectivity index (χ4n) is 4.58. The molecule has 31 heavy (non-hydrogen) atoms. The molecule has 0 saturated heterocycles. The number of nitrogens with zero attached hydrogens (tertiary/aromatic N) is 4. The van der Waals surface area contributed by atoms with Gasteiger partial charge in [0, 0.05) is 11.6 Å². The maximum atomic E-state index is 10.7. The number of benzene rings is 1. The Morgan fingerprint density at radius 1 is 1.10 bits per heavy atom. The molecular weight excluding hydrogens is 392 g/mol. The van der Waals surface area contributed by atoms with Crippen LogP contribution in [0.25, 0.3) is 11.0 Å². The summed E-state index contributed by atoms with van der Waals surface area (Å²) in [5.74, 6) is 1.02. The van der Waals surface area contributed by atoms with Gasteiger partial charge in [-0.3, -0.25) is 0 Å². The fraction of sp³-hybridized carbons (Fsp3) is 0.348. The van der Waals surface area contributed by atoms with Crippen molar-refractivity contribution in [3.05, 3.63) is 59.6 Å². The smallest absolute Gasteiger partial charge is 0.146 e. The van der Waals surface area contributed by atoms with E-state index in [0.717, 1.165) is 34.2 Å². The molecule has 1 aliphatic heterocycles. The van der Waals surface area contributed by atoms with E-state index in [-0.39, 0.29) is 5.41 Å². The number of nitrogens with two attached hydrogens (primary N) is 2. The lowest BCUT2D eigenvalue weighted by Crippen LogP contribution is -2.32. The van der Waals surface area contributed by atoms with Crippen LogP contribution in [-0.4, -0.2) is 42.8 Å². The summed E-state index contributed by atoms with van der Waals surface area (Å²) < 4.78 is 1.84. The maximum Gasteiger partial charge on any atom is 0.146 e. The first-order chi connectivity index (χ1) is 14.8. The van der Waals surface area contributed by atoms with Gasteiger partial charge in [-0.05, 0) is 55.5 Å². The quantitative estimate of drug-likeness (QED) is 0.479. The Hall–Kier alpha value is -3.23. The van der Waals surface area contributed by atoms with Crippen LogP contribution in [0.3, 0.4) is 0 Å². The Kier molecular flexibility index (Phi) is 4.39. The SMILES string of the molecule is CC1(C)C(N)=Nc2cc(CCC3=C[C@@H](n4ccc5c(N)ncnc54)[C@H](O)[C@@H]3O)ccc21. The maximum absolute atomic E-state index is 10.7. The van der Waals surface area contributed by atoms with Crippen molar-refractivity contribution in [2.45, 2.75) is 50.4 Å². The van der Waals surface area contributed by atoms with Crippen LogP contribution in [0, 0.1) is 0 Å². The summed E-state index contributed by atoms with van der Waals surface area (Å²) >= 11 is 0. The normalized spacial score (nSPS) is 24.3. The van der Waals surface area contributed by atoms with E-state index < -0.39 is 18.2 Å². The third kappa shape index (κ3) is 3.02. The van der Waals surface area contributed by atoms with Crippen molar-refractivity contribution in [2.24, 2.45) is 10.7 Å². The van der Waals surface area contributed by atoms with Crippen molar-refractivity contribution in [2.75, 3.05) is 5.73 Å². The molecule has 160 valence electrons. The second kappa shape index (κ2) is 6.90. The molecule has 1 aromatic carbocycles. The number of fused-ring (bicyclic) bond motifs is 2. The summed E-state index contributed by atoms with van der Waals surface area (Å²) in [5.41, 5.74) is 16.4. The highest BCUT2D eigenvalue weighted by Crippen LogP contribution is 2.40. The number of nitrogen functional groups attached to an aromatic ring is 1. The average molecular weight is 419 g/mol. The van der Waals surface area contributed by atoms with Gasteiger partial charge in [0.15, 0.2) is 0 Å². The van der Waals surface area contributed by atoms with Gasteiger partial charge in [0.2, 0.25) is 0 Å². The van der Waals surface area contributed by atoms with Crippen molar-refractivity contribution in [3.8, 4) is 0 Å². The van der Waals surface area contributed by atoms with Crippen molar-refractivity contribution in [1.29, 1.82) is 0 Å². The minimum atomic E-state index is -0.952. The fourth-order valence-corrected chi connectivity index (χ4v) is 4.58. The molecule has 0 fully saturated rings. The van der Waals surface area contributed by atoms with Gasteiger partial charge in [-0.25, -0.2) is 15.0 Å².